The molecular weight excluding hydrogens is 622 g/mol. The zero-order chi connectivity index (χ0) is 18.0. The SMILES string of the molecule is O=S(=O)([O-])[O-].O=S(=O)([O-])[O-].O=S(=O)([O-])[O-].O=S(=O)([O-])[O-].[Sn+4].[Sn+4]. The molecule has 0 saturated heterocycles. The molecule has 0 unspecified atom stereocenters. The van der Waals surface area contributed by atoms with Crippen LogP contribution in [0.4, 0.5) is 0 Å². The van der Waals surface area contributed by atoms with Gasteiger partial charge in [-0.25, -0.2) is 0 Å². The standard InChI is InChI=1S/4H2O4S.2Sn/c4*1-5(2,3)4;;/h4*(H2,1,2,3,4);;/q;;;;2*+4/p-8. The Hall–Kier alpha value is 1.08. The molecule has 0 rings (SSSR count). The molecule has 22 heteroatoms. The van der Waals surface area contributed by atoms with E-state index in [4.69, 9.17) is 70.1 Å². The molecule has 0 aliphatic heterocycles. The third-order valence-corrected chi connectivity index (χ3v) is 0. The van der Waals surface area contributed by atoms with Gasteiger partial charge < -0.3 is 36.4 Å². The second-order valence-corrected chi connectivity index (χ2v) is 4.90. The van der Waals surface area contributed by atoms with Gasteiger partial charge in [0.25, 0.3) is 0 Å². The van der Waals surface area contributed by atoms with Crippen LogP contribution in [0.3, 0.4) is 0 Å². The van der Waals surface area contributed by atoms with Crippen molar-refractivity contribution in [1.82, 2.24) is 0 Å². The normalized spacial score (nSPS) is 10.5. The van der Waals surface area contributed by atoms with Crippen molar-refractivity contribution in [2.45, 2.75) is 0 Å². The molecule has 0 N–H and O–H groups in total. The van der Waals surface area contributed by atoms with Gasteiger partial charge in [-0.3, -0.25) is 33.7 Å². The van der Waals surface area contributed by atoms with Gasteiger partial charge >= 0.3 is 47.8 Å². The zero-order valence-corrected chi connectivity index (χ0v) is 18.1. The van der Waals surface area contributed by atoms with E-state index in [9.17, 15) is 0 Å². The fourth-order valence-corrected chi connectivity index (χ4v) is 0. The third kappa shape index (κ3) is 7320. The van der Waals surface area contributed by atoms with Crippen LogP contribution in [0.1, 0.15) is 0 Å². The van der Waals surface area contributed by atoms with E-state index in [-0.39, 0.29) is 47.8 Å². The van der Waals surface area contributed by atoms with Crippen LogP contribution >= 0.6 is 0 Å². The average molecular weight is 622 g/mol. The van der Waals surface area contributed by atoms with Crippen molar-refractivity contribution < 1.29 is 70.1 Å². The van der Waals surface area contributed by atoms with E-state index in [1.54, 1.807) is 0 Å². The number of hydrogen-bond donors (Lipinski definition) is 0. The van der Waals surface area contributed by atoms with Crippen LogP contribution in [0.5, 0.6) is 0 Å². The van der Waals surface area contributed by atoms with Gasteiger partial charge in [-0.05, 0) is 0 Å². The van der Waals surface area contributed by atoms with Crippen LogP contribution in [0.25, 0.3) is 0 Å². The molecule has 0 amide bonds. The van der Waals surface area contributed by atoms with Gasteiger partial charge in [-0.1, -0.05) is 0 Å². The van der Waals surface area contributed by atoms with Crippen LogP contribution < -0.4 is 0 Å². The van der Waals surface area contributed by atoms with E-state index < -0.39 is 41.6 Å². The van der Waals surface area contributed by atoms with Crippen molar-refractivity contribution in [3.05, 3.63) is 0 Å². The summed E-state index contributed by atoms with van der Waals surface area (Å²) in [4.78, 5) is 0. The predicted octanol–water partition coefficient (Wildman–Crippen LogP) is -6.11. The molecule has 0 bridgehead atoms. The van der Waals surface area contributed by atoms with Crippen molar-refractivity contribution in [3.8, 4) is 0 Å². The largest absolute Gasteiger partial charge is 4.00 e. The second kappa shape index (κ2) is 15.6. The molecular formula is O16S4Sn2. The topological polar surface area (TPSA) is 321 Å². The van der Waals surface area contributed by atoms with E-state index >= 15 is 0 Å². The zero-order valence-electron chi connectivity index (χ0n) is 9.16. The molecule has 0 saturated carbocycles. The van der Waals surface area contributed by atoms with Gasteiger partial charge in [-0.15, -0.1) is 0 Å². The number of hydrogen-bond acceptors (Lipinski definition) is 16. The molecule has 0 radical (unpaired) electrons. The molecule has 22 heavy (non-hydrogen) atoms. The first-order valence-corrected chi connectivity index (χ1v) is 8.00. The maximum atomic E-state index is 8.52. The van der Waals surface area contributed by atoms with Gasteiger partial charge in [0.1, 0.15) is 0 Å². The molecule has 0 aromatic heterocycles. The minimum atomic E-state index is -5.17. The first kappa shape index (κ1) is 38.6. The Morgan fingerprint density at radius 1 is 0.318 bits per heavy atom. The molecule has 16 nitrogen and oxygen atoms in total. The summed E-state index contributed by atoms with van der Waals surface area (Å²) in [6.07, 6.45) is 0. The Balaban J connectivity index is -0.0000000376. The predicted molar refractivity (Wildman–Crippen MR) is 53.4 cm³/mol. The molecule has 0 heterocycles. The van der Waals surface area contributed by atoms with Crippen LogP contribution in [-0.2, 0) is 41.6 Å². The molecule has 128 valence electrons. The third-order valence-electron chi connectivity index (χ3n) is 0. The van der Waals surface area contributed by atoms with E-state index in [1.165, 1.54) is 0 Å². The quantitative estimate of drug-likeness (QED) is 0.138. The molecule has 0 fully saturated rings. The monoisotopic (exact) mass is 624 g/mol. The molecule has 0 aliphatic rings. The maximum Gasteiger partial charge on any atom is 4.00 e. The summed E-state index contributed by atoms with van der Waals surface area (Å²) < 4.78 is 136. The average Bonchev–Trinajstić information content (AvgIpc) is 1.62. The Kier molecular flexibility index (Phi) is 27.3. The molecule has 0 atom stereocenters. The van der Waals surface area contributed by atoms with Crippen LogP contribution in [0, 0.1) is 0 Å². The van der Waals surface area contributed by atoms with Crippen molar-refractivity contribution >= 4 is 89.4 Å². The summed E-state index contributed by atoms with van der Waals surface area (Å²) in [6, 6.07) is 0. The molecule has 0 aromatic carbocycles. The fraction of sp³-hybridized carbons (Fsp3) is 0. The summed E-state index contributed by atoms with van der Waals surface area (Å²) in [5.41, 5.74) is 0. The van der Waals surface area contributed by atoms with Gasteiger partial charge in [0, 0.05) is 41.6 Å². The summed E-state index contributed by atoms with van der Waals surface area (Å²) in [7, 11) is -20.7. The Labute approximate surface area is 158 Å². The van der Waals surface area contributed by atoms with Crippen molar-refractivity contribution in [3.63, 3.8) is 0 Å². The summed E-state index contributed by atoms with van der Waals surface area (Å²) in [5, 5.41) is 0. The van der Waals surface area contributed by atoms with E-state index in [0.717, 1.165) is 0 Å². The van der Waals surface area contributed by atoms with Gasteiger partial charge in [0.05, 0.1) is 0 Å². The van der Waals surface area contributed by atoms with Crippen LogP contribution in [0.2, 0.25) is 0 Å². The summed E-state index contributed by atoms with van der Waals surface area (Å²) in [6.45, 7) is 0. The van der Waals surface area contributed by atoms with Crippen LogP contribution in [0.15, 0.2) is 0 Å². The first-order chi connectivity index (χ1) is 8.00. The minimum Gasteiger partial charge on any atom is -0.759 e. The van der Waals surface area contributed by atoms with Crippen LogP contribution in [-0.4, -0.2) is 118 Å². The summed E-state index contributed by atoms with van der Waals surface area (Å²) >= 11 is 0. The molecule has 0 aromatic rings. The maximum absolute atomic E-state index is 8.52. The number of rotatable bonds is 0. The van der Waals surface area contributed by atoms with E-state index in [0.29, 0.717) is 0 Å². The van der Waals surface area contributed by atoms with E-state index in [2.05, 4.69) is 0 Å². The van der Waals surface area contributed by atoms with E-state index in [1.807, 2.05) is 0 Å². The van der Waals surface area contributed by atoms with Gasteiger partial charge in [0.15, 0.2) is 0 Å². The van der Waals surface area contributed by atoms with Crippen molar-refractivity contribution in [2.75, 3.05) is 0 Å². The minimum absolute atomic E-state index is 0. The second-order valence-electron chi connectivity index (χ2n) is 1.63. The fourth-order valence-electron chi connectivity index (χ4n) is 0. The molecule has 0 aliphatic carbocycles. The van der Waals surface area contributed by atoms with Gasteiger partial charge in [0.2, 0.25) is 0 Å². The Morgan fingerprint density at radius 2 is 0.318 bits per heavy atom. The Morgan fingerprint density at radius 3 is 0.318 bits per heavy atom. The van der Waals surface area contributed by atoms with Gasteiger partial charge in [-0.2, -0.15) is 0 Å². The van der Waals surface area contributed by atoms with Crippen molar-refractivity contribution in [2.24, 2.45) is 0 Å². The van der Waals surface area contributed by atoms with Crippen molar-refractivity contribution in [1.29, 1.82) is 0 Å². The Bertz CT molecular complexity index is 477. The first-order valence-electron chi connectivity index (χ1n) is 2.67. The summed E-state index contributed by atoms with van der Waals surface area (Å²) in [5.74, 6) is 0. The smallest absolute Gasteiger partial charge is 0.759 e. The molecule has 0 spiro atoms.